The molecule has 0 radical (unpaired) electrons. The van der Waals surface area contributed by atoms with E-state index in [4.69, 9.17) is 16.7 Å². The molecule has 7 nitrogen and oxygen atoms in total. The minimum Gasteiger partial charge on any atom is -0.481 e. The van der Waals surface area contributed by atoms with Gasteiger partial charge in [-0.3, -0.25) is 14.5 Å². The van der Waals surface area contributed by atoms with E-state index in [-0.39, 0.29) is 38.0 Å². The van der Waals surface area contributed by atoms with Crippen LogP contribution in [0.15, 0.2) is 48.2 Å². The van der Waals surface area contributed by atoms with Gasteiger partial charge in [-0.1, -0.05) is 29.8 Å². The standard InChI is InChI=1S/C18H18ClN3O4/c1-2-7-22-13-10-21(8-6-14(23)24)17(25)15(13)16(20-18(22)26)11-4-3-5-12(19)9-11/h2-5,9,16H,1,6-8,10H2,(H,20,26)(H,23,24). The molecule has 26 heavy (non-hydrogen) atoms. The molecule has 1 aromatic rings. The highest BCUT2D eigenvalue weighted by Crippen LogP contribution is 2.36. The minimum absolute atomic E-state index is 0.0829. The predicted molar refractivity (Wildman–Crippen MR) is 95.5 cm³/mol. The van der Waals surface area contributed by atoms with Crippen molar-refractivity contribution in [3.63, 3.8) is 0 Å². The molecule has 0 bridgehead atoms. The average Bonchev–Trinajstić information content (AvgIpc) is 2.92. The van der Waals surface area contributed by atoms with Gasteiger partial charge in [0.1, 0.15) is 0 Å². The summed E-state index contributed by atoms with van der Waals surface area (Å²) in [6, 6.07) is 6.00. The number of amides is 3. The molecule has 2 aliphatic rings. The molecule has 1 aromatic carbocycles. The maximum absolute atomic E-state index is 12.9. The summed E-state index contributed by atoms with van der Waals surface area (Å²) < 4.78 is 0. The average molecular weight is 376 g/mol. The minimum atomic E-state index is -0.980. The fourth-order valence-corrected chi connectivity index (χ4v) is 3.42. The second-order valence-electron chi connectivity index (χ2n) is 6.07. The first kappa shape index (κ1) is 18.0. The number of carboxylic acids is 1. The Hall–Kier alpha value is -2.80. The second kappa shape index (κ2) is 7.21. The van der Waals surface area contributed by atoms with Crippen LogP contribution in [0.1, 0.15) is 18.0 Å². The molecule has 1 unspecified atom stereocenters. The number of rotatable bonds is 6. The van der Waals surface area contributed by atoms with Crippen molar-refractivity contribution in [2.75, 3.05) is 19.6 Å². The van der Waals surface area contributed by atoms with Gasteiger partial charge in [0.2, 0.25) is 0 Å². The highest BCUT2D eigenvalue weighted by molar-refractivity contribution is 6.30. The molecule has 0 saturated carbocycles. The quantitative estimate of drug-likeness (QED) is 0.745. The Morgan fingerprint density at radius 1 is 1.42 bits per heavy atom. The van der Waals surface area contributed by atoms with E-state index >= 15 is 0 Å². The molecular formula is C18H18ClN3O4. The normalized spacial score (nSPS) is 19.5. The predicted octanol–water partition coefficient (Wildman–Crippen LogP) is 2.16. The van der Waals surface area contributed by atoms with Crippen molar-refractivity contribution in [2.24, 2.45) is 0 Å². The molecule has 8 heteroatoms. The molecule has 3 amide bonds. The first-order chi connectivity index (χ1) is 12.4. The van der Waals surface area contributed by atoms with Crippen LogP contribution in [0.2, 0.25) is 5.02 Å². The number of carbonyl (C=O) groups is 3. The largest absolute Gasteiger partial charge is 0.481 e. The zero-order valence-electron chi connectivity index (χ0n) is 13.9. The Labute approximate surface area is 155 Å². The lowest BCUT2D eigenvalue weighted by molar-refractivity contribution is -0.137. The van der Waals surface area contributed by atoms with Crippen LogP contribution in [0, 0.1) is 0 Å². The SMILES string of the molecule is C=CCN1C(=O)NC(c2cccc(Cl)c2)C2=C1CN(CCC(=O)O)C2=O. The highest BCUT2D eigenvalue weighted by Gasteiger charge is 2.43. The van der Waals surface area contributed by atoms with Gasteiger partial charge in [0, 0.05) is 18.1 Å². The number of hydrogen-bond acceptors (Lipinski definition) is 3. The molecule has 0 spiro atoms. The topological polar surface area (TPSA) is 90.0 Å². The maximum atomic E-state index is 12.9. The summed E-state index contributed by atoms with van der Waals surface area (Å²) in [5.74, 6) is -1.26. The number of benzene rings is 1. The van der Waals surface area contributed by atoms with E-state index in [1.165, 1.54) is 9.80 Å². The van der Waals surface area contributed by atoms with Gasteiger partial charge in [-0.05, 0) is 17.7 Å². The lowest BCUT2D eigenvalue weighted by Gasteiger charge is -2.33. The van der Waals surface area contributed by atoms with Crippen molar-refractivity contribution in [1.82, 2.24) is 15.1 Å². The van der Waals surface area contributed by atoms with Gasteiger partial charge in [-0.25, -0.2) is 4.79 Å². The smallest absolute Gasteiger partial charge is 0.322 e. The third-order valence-electron chi connectivity index (χ3n) is 4.39. The van der Waals surface area contributed by atoms with Crippen molar-refractivity contribution in [3.8, 4) is 0 Å². The number of nitrogens with zero attached hydrogens (tertiary/aromatic N) is 2. The lowest BCUT2D eigenvalue weighted by atomic mass is 9.95. The van der Waals surface area contributed by atoms with E-state index in [0.29, 0.717) is 21.9 Å². The summed E-state index contributed by atoms with van der Waals surface area (Å²) >= 11 is 6.06. The second-order valence-corrected chi connectivity index (χ2v) is 6.50. The Bertz CT molecular complexity index is 820. The van der Waals surface area contributed by atoms with Crippen molar-refractivity contribution < 1.29 is 19.5 Å². The lowest BCUT2D eigenvalue weighted by Crippen LogP contribution is -2.47. The van der Waals surface area contributed by atoms with E-state index in [1.54, 1.807) is 30.3 Å². The molecule has 0 saturated heterocycles. The molecule has 2 heterocycles. The van der Waals surface area contributed by atoms with E-state index in [1.807, 2.05) is 0 Å². The fourth-order valence-electron chi connectivity index (χ4n) is 3.22. The third kappa shape index (κ3) is 3.30. The van der Waals surface area contributed by atoms with Crippen molar-refractivity contribution in [1.29, 1.82) is 0 Å². The zero-order chi connectivity index (χ0) is 18.8. The summed E-state index contributed by atoms with van der Waals surface area (Å²) in [5.41, 5.74) is 1.72. The van der Waals surface area contributed by atoms with Crippen LogP contribution in [0.5, 0.6) is 0 Å². The van der Waals surface area contributed by atoms with Crippen molar-refractivity contribution >= 4 is 29.5 Å². The van der Waals surface area contributed by atoms with E-state index in [0.717, 1.165) is 0 Å². The molecule has 0 fully saturated rings. The number of aliphatic carboxylic acids is 1. The van der Waals surface area contributed by atoms with Crippen LogP contribution in [0.25, 0.3) is 0 Å². The summed E-state index contributed by atoms with van der Waals surface area (Å²) in [7, 11) is 0. The van der Waals surface area contributed by atoms with E-state index < -0.39 is 12.0 Å². The van der Waals surface area contributed by atoms with Crippen LogP contribution >= 0.6 is 11.6 Å². The third-order valence-corrected chi connectivity index (χ3v) is 4.62. The van der Waals surface area contributed by atoms with E-state index in [9.17, 15) is 14.4 Å². The van der Waals surface area contributed by atoms with Crippen LogP contribution in [0.4, 0.5) is 4.79 Å². The number of halogens is 1. The Kier molecular flexibility index (Phi) is 4.99. The number of hydrogen-bond donors (Lipinski definition) is 2. The van der Waals surface area contributed by atoms with Gasteiger partial charge in [0.15, 0.2) is 0 Å². The number of carboxylic acid groups (broad SMARTS) is 1. The number of urea groups is 1. The van der Waals surface area contributed by atoms with Crippen LogP contribution in [0.3, 0.4) is 0 Å². The first-order valence-electron chi connectivity index (χ1n) is 8.11. The summed E-state index contributed by atoms with van der Waals surface area (Å²) in [5, 5.41) is 12.2. The maximum Gasteiger partial charge on any atom is 0.322 e. The van der Waals surface area contributed by atoms with Gasteiger partial charge in [0.05, 0.1) is 30.3 Å². The van der Waals surface area contributed by atoms with Crippen molar-refractivity contribution in [2.45, 2.75) is 12.5 Å². The van der Waals surface area contributed by atoms with Crippen molar-refractivity contribution in [3.05, 3.63) is 58.8 Å². The van der Waals surface area contributed by atoms with Crippen LogP contribution in [-0.2, 0) is 9.59 Å². The number of carbonyl (C=O) groups excluding carboxylic acids is 2. The Balaban J connectivity index is 1.99. The van der Waals surface area contributed by atoms with Gasteiger partial charge >= 0.3 is 12.0 Å². The summed E-state index contributed by atoms with van der Waals surface area (Å²) in [6.07, 6.45) is 1.42. The number of nitrogens with one attached hydrogen (secondary N) is 1. The monoisotopic (exact) mass is 375 g/mol. The molecule has 0 aliphatic carbocycles. The fraction of sp³-hybridized carbons (Fsp3) is 0.278. The van der Waals surface area contributed by atoms with Crippen LogP contribution < -0.4 is 5.32 Å². The van der Waals surface area contributed by atoms with Gasteiger partial charge in [-0.2, -0.15) is 0 Å². The highest BCUT2D eigenvalue weighted by atomic mass is 35.5. The molecule has 2 aliphatic heterocycles. The Morgan fingerprint density at radius 2 is 2.19 bits per heavy atom. The molecule has 1 atom stereocenters. The first-order valence-corrected chi connectivity index (χ1v) is 8.48. The molecule has 2 N–H and O–H groups in total. The van der Waals surface area contributed by atoms with Crippen LogP contribution in [-0.4, -0.2) is 52.4 Å². The molecule has 0 aromatic heterocycles. The summed E-state index contributed by atoms with van der Waals surface area (Å²) in [6.45, 7) is 4.19. The van der Waals surface area contributed by atoms with Gasteiger partial charge < -0.3 is 15.3 Å². The summed E-state index contributed by atoms with van der Waals surface area (Å²) in [4.78, 5) is 39.2. The molecule has 3 rings (SSSR count). The van der Waals surface area contributed by atoms with E-state index in [2.05, 4.69) is 11.9 Å². The zero-order valence-corrected chi connectivity index (χ0v) is 14.7. The van der Waals surface area contributed by atoms with Gasteiger partial charge in [0.25, 0.3) is 5.91 Å². The molecule has 136 valence electrons. The van der Waals surface area contributed by atoms with Gasteiger partial charge in [-0.15, -0.1) is 6.58 Å². The Morgan fingerprint density at radius 3 is 2.85 bits per heavy atom. The molecular weight excluding hydrogens is 358 g/mol.